The van der Waals surface area contributed by atoms with E-state index in [9.17, 15) is 9.59 Å². The normalized spacial score (nSPS) is 16.7. The molecule has 1 unspecified atom stereocenters. The molecule has 0 bridgehead atoms. The highest BCUT2D eigenvalue weighted by atomic mass is 16.2. The maximum absolute atomic E-state index is 12.1. The number of likely N-dealkylation sites (tertiary alicyclic amines) is 1. The summed E-state index contributed by atoms with van der Waals surface area (Å²) < 4.78 is 0. The number of hydrazine groups is 1. The molecular formula is C16H26N6O2. The molecule has 1 fully saturated rings. The summed E-state index contributed by atoms with van der Waals surface area (Å²) in [7, 11) is 0. The predicted molar refractivity (Wildman–Crippen MR) is 90.9 cm³/mol. The molecule has 8 nitrogen and oxygen atoms in total. The van der Waals surface area contributed by atoms with Crippen LogP contribution in [-0.4, -0.2) is 52.9 Å². The molecular weight excluding hydrogens is 308 g/mol. The lowest BCUT2D eigenvalue weighted by atomic mass is 10.1. The Morgan fingerprint density at radius 1 is 1.12 bits per heavy atom. The van der Waals surface area contributed by atoms with Gasteiger partial charge in [-0.3, -0.25) is 20.4 Å². The number of carbonyl (C=O) groups is 2. The Hall–Kier alpha value is -2.22. The molecule has 0 radical (unpaired) electrons. The van der Waals surface area contributed by atoms with Crippen LogP contribution in [0.2, 0.25) is 0 Å². The van der Waals surface area contributed by atoms with Crippen molar-refractivity contribution >= 4 is 17.8 Å². The van der Waals surface area contributed by atoms with Crippen molar-refractivity contribution in [3.8, 4) is 0 Å². The number of nitrogens with one attached hydrogen (secondary N) is 3. The molecule has 24 heavy (non-hydrogen) atoms. The molecule has 2 heterocycles. The number of nitrogens with zero attached hydrogens (tertiary/aromatic N) is 3. The second kappa shape index (κ2) is 9.82. The van der Waals surface area contributed by atoms with Crippen molar-refractivity contribution in [1.82, 2.24) is 25.7 Å². The van der Waals surface area contributed by atoms with Crippen molar-refractivity contribution in [2.24, 2.45) is 5.92 Å². The van der Waals surface area contributed by atoms with Crippen molar-refractivity contribution in [3.63, 3.8) is 0 Å². The average Bonchev–Trinajstić information content (AvgIpc) is 2.87. The number of hydrogen-bond acceptors (Lipinski definition) is 6. The standard InChI is InChI=1S/C16H26N6O2/c1-13(12-22-9-4-2-3-5-10-22)15(24)21-20-14(23)11-19-16-17-7-6-8-18-16/h6-8,13H,2-5,9-12H2,1H3,(H,20,23)(H,21,24)(H,17,18,19). The molecule has 2 amide bonds. The number of anilines is 1. The predicted octanol–water partition coefficient (Wildman–Crippen LogP) is 0.548. The third-order valence-electron chi connectivity index (χ3n) is 3.98. The van der Waals surface area contributed by atoms with E-state index in [0.717, 1.165) is 19.6 Å². The number of aromatic nitrogens is 2. The first-order valence-electron chi connectivity index (χ1n) is 8.47. The van der Waals surface area contributed by atoms with Gasteiger partial charge in [0, 0.05) is 24.9 Å². The summed E-state index contributed by atoms with van der Waals surface area (Å²) in [4.78, 5) is 34.0. The third kappa shape index (κ3) is 6.49. The first-order chi connectivity index (χ1) is 11.6. The maximum atomic E-state index is 12.1. The zero-order valence-corrected chi connectivity index (χ0v) is 14.1. The number of hydrogen-bond donors (Lipinski definition) is 3. The van der Waals surface area contributed by atoms with E-state index in [4.69, 9.17) is 0 Å². The second-order valence-electron chi connectivity index (χ2n) is 6.08. The van der Waals surface area contributed by atoms with Crippen LogP contribution in [0.25, 0.3) is 0 Å². The highest BCUT2D eigenvalue weighted by Crippen LogP contribution is 2.11. The molecule has 0 aliphatic carbocycles. The van der Waals surface area contributed by atoms with Gasteiger partial charge in [0.2, 0.25) is 11.9 Å². The van der Waals surface area contributed by atoms with Gasteiger partial charge in [0.05, 0.1) is 6.54 Å². The van der Waals surface area contributed by atoms with Crippen molar-refractivity contribution in [3.05, 3.63) is 18.5 Å². The molecule has 1 aliphatic heterocycles. The molecule has 0 aromatic carbocycles. The molecule has 2 rings (SSSR count). The fourth-order valence-corrected chi connectivity index (χ4v) is 2.64. The lowest BCUT2D eigenvalue weighted by Crippen LogP contribution is -2.48. The summed E-state index contributed by atoms with van der Waals surface area (Å²) >= 11 is 0. The van der Waals surface area contributed by atoms with Crippen LogP contribution in [0.3, 0.4) is 0 Å². The molecule has 0 spiro atoms. The molecule has 1 aromatic rings. The zero-order valence-electron chi connectivity index (χ0n) is 14.1. The number of amides is 2. The van der Waals surface area contributed by atoms with Gasteiger partial charge in [0.1, 0.15) is 0 Å². The molecule has 0 saturated carbocycles. The minimum absolute atomic E-state index is 0.00913. The van der Waals surface area contributed by atoms with Crippen LogP contribution in [0.1, 0.15) is 32.6 Å². The van der Waals surface area contributed by atoms with E-state index >= 15 is 0 Å². The number of carbonyl (C=O) groups excluding carboxylic acids is 2. The summed E-state index contributed by atoms with van der Waals surface area (Å²) in [6.45, 7) is 4.68. The fraction of sp³-hybridized carbons (Fsp3) is 0.625. The Balaban J connectivity index is 1.64. The van der Waals surface area contributed by atoms with Gasteiger partial charge < -0.3 is 10.2 Å². The Labute approximate surface area is 142 Å². The van der Waals surface area contributed by atoms with Gasteiger partial charge in [0.25, 0.3) is 5.91 Å². The van der Waals surface area contributed by atoms with Gasteiger partial charge in [-0.2, -0.15) is 0 Å². The third-order valence-corrected chi connectivity index (χ3v) is 3.98. The molecule has 1 saturated heterocycles. The van der Waals surface area contributed by atoms with E-state index < -0.39 is 0 Å². The van der Waals surface area contributed by atoms with Crippen molar-refractivity contribution in [2.45, 2.75) is 32.6 Å². The molecule has 1 atom stereocenters. The summed E-state index contributed by atoms with van der Waals surface area (Å²) in [5, 5.41) is 2.78. The quantitative estimate of drug-likeness (QED) is 0.657. The minimum Gasteiger partial charge on any atom is -0.345 e. The van der Waals surface area contributed by atoms with Crippen LogP contribution in [0.15, 0.2) is 18.5 Å². The first-order valence-corrected chi connectivity index (χ1v) is 8.47. The van der Waals surface area contributed by atoms with E-state index in [-0.39, 0.29) is 24.3 Å². The zero-order chi connectivity index (χ0) is 17.2. The van der Waals surface area contributed by atoms with Crippen molar-refractivity contribution < 1.29 is 9.59 Å². The van der Waals surface area contributed by atoms with Gasteiger partial charge >= 0.3 is 0 Å². The minimum atomic E-state index is -0.349. The molecule has 8 heteroatoms. The molecule has 1 aromatic heterocycles. The van der Waals surface area contributed by atoms with E-state index in [1.165, 1.54) is 25.7 Å². The summed E-state index contributed by atoms with van der Waals surface area (Å²) in [5.41, 5.74) is 4.89. The van der Waals surface area contributed by atoms with Crippen LogP contribution in [-0.2, 0) is 9.59 Å². The summed E-state index contributed by atoms with van der Waals surface area (Å²) in [5.74, 6) is -0.330. The molecule has 1 aliphatic rings. The monoisotopic (exact) mass is 334 g/mol. The van der Waals surface area contributed by atoms with Crippen molar-refractivity contribution in [2.75, 3.05) is 31.5 Å². The Morgan fingerprint density at radius 3 is 2.46 bits per heavy atom. The van der Waals surface area contributed by atoms with Crippen LogP contribution in [0, 0.1) is 5.92 Å². The Kier molecular flexibility index (Phi) is 7.41. The Bertz CT molecular complexity index is 517. The highest BCUT2D eigenvalue weighted by molar-refractivity contribution is 5.85. The van der Waals surface area contributed by atoms with Crippen LogP contribution in [0.4, 0.5) is 5.95 Å². The van der Waals surface area contributed by atoms with E-state index in [0.29, 0.717) is 5.95 Å². The van der Waals surface area contributed by atoms with E-state index in [1.807, 2.05) is 6.92 Å². The average molecular weight is 334 g/mol. The van der Waals surface area contributed by atoms with Crippen LogP contribution < -0.4 is 16.2 Å². The van der Waals surface area contributed by atoms with Gasteiger partial charge in [-0.1, -0.05) is 19.8 Å². The summed E-state index contributed by atoms with van der Waals surface area (Å²) in [6, 6.07) is 1.69. The van der Waals surface area contributed by atoms with E-state index in [1.54, 1.807) is 18.5 Å². The van der Waals surface area contributed by atoms with Gasteiger partial charge in [-0.05, 0) is 32.0 Å². The van der Waals surface area contributed by atoms with Crippen LogP contribution in [0.5, 0.6) is 0 Å². The topological polar surface area (TPSA) is 99.2 Å². The molecule has 132 valence electrons. The smallest absolute Gasteiger partial charge is 0.257 e. The van der Waals surface area contributed by atoms with Gasteiger partial charge in [0.15, 0.2) is 0 Å². The van der Waals surface area contributed by atoms with Crippen molar-refractivity contribution in [1.29, 1.82) is 0 Å². The van der Waals surface area contributed by atoms with Crippen LogP contribution >= 0.6 is 0 Å². The second-order valence-corrected chi connectivity index (χ2v) is 6.08. The lowest BCUT2D eigenvalue weighted by molar-refractivity contribution is -0.130. The number of rotatable bonds is 6. The summed E-state index contributed by atoms with van der Waals surface area (Å²) in [6.07, 6.45) is 8.09. The van der Waals surface area contributed by atoms with E-state index in [2.05, 4.69) is 31.0 Å². The highest BCUT2D eigenvalue weighted by Gasteiger charge is 2.18. The lowest BCUT2D eigenvalue weighted by Gasteiger charge is -2.23. The largest absolute Gasteiger partial charge is 0.345 e. The first kappa shape index (κ1) is 18.1. The maximum Gasteiger partial charge on any atom is 0.257 e. The SMILES string of the molecule is CC(CN1CCCCCC1)C(=O)NNC(=O)CNc1ncccn1. The molecule has 3 N–H and O–H groups in total. The van der Waals surface area contributed by atoms with Gasteiger partial charge in [-0.15, -0.1) is 0 Å². The fourth-order valence-electron chi connectivity index (χ4n) is 2.64. The Morgan fingerprint density at radius 2 is 1.79 bits per heavy atom. The van der Waals surface area contributed by atoms with Gasteiger partial charge in [-0.25, -0.2) is 9.97 Å².